The monoisotopic (exact) mass is 412 g/mol. The average Bonchev–Trinajstić information content (AvgIpc) is 3.24. The van der Waals surface area contributed by atoms with Crippen molar-refractivity contribution in [2.24, 2.45) is 0 Å². The summed E-state index contributed by atoms with van der Waals surface area (Å²) in [5.74, 6) is -0.619. The number of rotatable bonds is 2. The van der Waals surface area contributed by atoms with Crippen molar-refractivity contribution in [3.8, 4) is 0 Å². The highest BCUT2D eigenvalue weighted by Crippen LogP contribution is 2.31. The summed E-state index contributed by atoms with van der Waals surface area (Å²) < 4.78 is 61.8. The molecule has 1 aliphatic rings. The number of carbonyl (C=O) groups excluding carboxylic acids is 1. The first kappa shape index (κ1) is 18.5. The van der Waals surface area contributed by atoms with Gasteiger partial charge in [-0.3, -0.25) is 9.89 Å². The van der Waals surface area contributed by atoms with Crippen molar-refractivity contribution in [1.29, 1.82) is 0 Å². The van der Waals surface area contributed by atoms with E-state index in [1.165, 1.54) is 11.0 Å². The lowest BCUT2D eigenvalue weighted by Gasteiger charge is -2.26. The van der Waals surface area contributed by atoms with Crippen LogP contribution in [0.3, 0.4) is 0 Å². The molecule has 1 aromatic carbocycles. The quantitative estimate of drug-likeness (QED) is 0.676. The highest BCUT2D eigenvalue weighted by molar-refractivity contribution is 7.90. The van der Waals surface area contributed by atoms with Gasteiger partial charge in [0.2, 0.25) is 0 Å². The van der Waals surface area contributed by atoms with Crippen LogP contribution in [-0.4, -0.2) is 47.2 Å². The predicted octanol–water partition coefficient (Wildman–Crippen LogP) is 2.51. The largest absolute Gasteiger partial charge is 0.432 e. The molecule has 3 heterocycles. The Morgan fingerprint density at radius 2 is 2.00 bits per heavy atom. The summed E-state index contributed by atoms with van der Waals surface area (Å²) >= 11 is 0. The summed E-state index contributed by atoms with van der Waals surface area (Å²) in [4.78, 5) is 17.4. The Hall–Kier alpha value is -2.82. The number of fused-ring (bicyclic) bond motifs is 3. The SMILES string of the molecule is CS(=O)(=O)c1ccc2[nH]c3c(c2c1)CN(C(=O)c1cc(C(F)(F)F)[nH]n1)CC3. The molecule has 4 rings (SSSR count). The second kappa shape index (κ2) is 6.09. The molecular formula is C17H15F3N4O3S. The molecule has 148 valence electrons. The van der Waals surface area contributed by atoms with Gasteiger partial charge in [0.25, 0.3) is 5.91 Å². The number of H-pyrrole nitrogens is 2. The van der Waals surface area contributed by atoms with Crippen molar-refractivity contribution in [2.75, 3.05) is 12.8 Å². The van der Waals surface area contributed by atoms with Gasteiger partial charge in [0, 0.05) is 54.0 Å². The molecule has 0 saturated carbocycles. The smallest absolute Gasteiger partial charge is 0.358 e. The maximum absolute atomic E-state index is 12.7. The van der Waals surface area contributed by atoms with Crippen LogP contribution in [-0.2, 0) is 29.0 Å². The van der Waals surface area contributed by atoms with Crippen LogP contribution in [0.2, 0.25) is 0 Å². The van der Waals surface area contributed by atoms with Gasteiger partial charge in [0.15, 0.2) is 15.5 Å². The second-order valence-electron chi connectivity index (χ2n) is 6.70. The van der Waals surface area contributed by atoms with Crippen LogP contribution in [0, 0.1) is 0 Å². The fourth-order valence-corrected chi connectivity index (χ4v) is 3.98. The van der Waals surface area contributed by atoms with Gasteiger partial charge in [-0.05, 0) is 18.2 Å². The molecule has 0 spiro atoms. The van der Waals surface area contributed by atoms with Crippen LogP contribution in [0.1, 0.15) is 27.4 Å². The van der Waals surface area contributed by atoms with Gasteiger partial charge in [-0.2, -0.15) is 18.3 Å². The van der Waals surface area contributed by atoms with Crippen molar-refractivity contribution in [1.82, 2.24) is 20.1 Å². The summed E-state index contributed by atoms with van der Waals surface area (Å²) in [5, 5.41) is 6.00. The van der Waals surface area contributed by atoms with Gasteiger partial charge in [0.1, 0.15) is 5.69 Å². The minimum Gasteiger partial charge on any atom is -0.358 e. The number of hydrogen-bond acceptors (Lipinski definition) is 4. The molecule has 1 aliphatic heterocycles. The van der Waals surface area contributed by atoms with Gasteiger partial charge in [0.05, 0.1) is 4.90 Å². The van der Waals surface area contributed by atoms with Crippen LogP contribution in [0.25, 0.3) is 10.9 Å². The van der Waals surface area contributed by atoms with Gasteiger partial charge in [-0.1, -0.05) is 0 Å². The van der Waals surface area contributed by atoms with Crippen LogP contribution in [0.5, 0.6) is 0 Å². The maximum Gasteiger partial charge on any atom is 0.432 e. The number of sulfone groups is 1. The number of nitrogens with one attached hydrogen (secondary N) is 2. The van der Waals surface area contributed by atoms with Gasteiger partial charge in [-0.25, -0.2) is 8.42 Å². The Balaban J connectivity index is 1.67. The zero-order chi connectivity index (χ0) is 20.3. The number of hydrogen-bond donors (Lipinski definition) is 2. The number of halogens is 3. The van der Waals surface area contributed by atoms with E-state index in [1.54, 1.807) is 12.1 Å². The molecule has 2 N–H and O–H groups in total. The lowest BCUT2D eigenvalue weighted by atomic mass is 10.0. The summed E-state index contributed by atoms with van der Waals surface area (Å²) in [6, 6.07) is 5.41. The zero-order valence-electron chi connectivity index (χ0n) is 14.6. The zero-order valence-corrected chi connectivity index (χ0v) is 15.4. The molecule has 0 bridgehead atoms. The lowest BCUT2D eigenvalue weighted by Crippen LogP contribution is -2.36. The average molecular weight is 412 g/mol. The Kier molecular flexibility index (Phi) is 4.03. The molecule has 1 amide bonds. The fourth-order valence-electron chi connectivity index (χ4n) is 3.34. The molecule has 0 radical (unpaired) electrons. The maximum atomic E-state index is 12.7. The molecule has 28 heavy (non-hydrogen) atoms. The Labute approximate surface area is 157 Å². The minimum atomic E-state index is -4.61. The van der Waals surface area contributed by atoms with E-state index in [1.807, 2.05) is 5.10 Å². The summed E-state index contributed by atoms with van der Waals surface area (Å²) in [6.45, 7) is 0.460. The van der Waals surface area contributed by atoms with Crippen molar-refractivity contribution >= 4 is 26.6 Å². The number of amides is 1. The van der Waals surface area contributed by atoms with E-state index in [-0.39, 0.29) is 17.1 Å². The molecule has 0 atom stereocenters. The number of alkyl halides is 3. The van der Waals surface area contributed by atoms with E-state index in [0.717, 1.165) is 23.0 Å². The first-order chi connectivity index (χ1) is 13.0. The van der Waals surface area contributed by atoms with E-state index < -0.39 is 27.6 Å². The molecule has 0 saturated heterocycles. The third-order valence-corrected chi connectivity index (χ3v) is 5.87. The third-order valence-electron chi connectivity index (χ3n) is 4.76. The topological polar surface area (TPSA) is 98.9 Å². The molecular weight excluding hydrogens is 397 g/mol. The van der Waals surface area contributed by atoms with Crippen molar-refractivity contribution < 1.29 is 26.4 Å². The highest BCUT2D eigenvalue weighted by atomic mass is 32.2. The summed E-state index contributed by atoms with van der Waals surface area (Å²) in [6.07, 6.45) is -3.03. The van der Waals surface area contributed by atoms with Gasteiger partial charge < -0.3 is 9.88 Å². The van der Waals surface area contributed by atoms with Crippen LogP contribution < -0.4 is 0 Å². The lowest BCUT2D eigenvalue weighted by molar-refractivity contribution is -0.141. The van der Waals surface area contributed by atoms with Crippen molar-refractivity contribution in [2.45, 2.75) is 24.0 Å². The van der Waals surface area contributed by atoms with E-state index >= 15 is 0 Å². The Morgan fingerprint density at radius 1 is 1.25 bits per heavy atom. The Bertz CT molecular complexity index is 1190. The number of carbonyl (C=O) groups is 1. The standard InChI is InChI=1S/C17H15F3N4O3S/c1-28(26,27)9-2-3-12-10(6-9)11-8-24(5-4-13(11)21-12)16(25)14-7-15(23-22-14)17(18,19)20/h2-3,6-7,21H,4-5,8H2,1H3,(H,22,23). The number of aromatic amines is 2. The fraction of sp³-hybridized carbons (Fsp3) is 0.294. The molecule has 3 aromatic rings. The molecule has 7 nitrogen and oxygen atoms in total. The number of nitrogens with zero attached hydrogens (tertiary/aromatic N) is 2. The van der Waals surface area contributed by atoms with E-state index in [2.05, 4.69) is 10.1 Å². The molecule has 2 aromatic heterocycles. The second-order valence-corrected chi connectivity index (χ2v) is 8.72. The summed E-state index contributed by atoms with van der Waals surface area (Å²) in [5.41, 5.74) is 0.978. The Morgan fingerprint density at radius 3 is 2.64 bits per heavy atom. The number of benzene rings is 1. The molecule has 0 fully saturated rings. The molecule has 0 aliphatic carbocycles. The van der Waals surface area contributed by atoms with Crippen molar-refractivity contribution in [3.63, 3.8) is 0 Å². The highest BCUT2D eigenvalue weighted by Gasteiger charge is 2.35. The molecule has 11 heteroatoms. The summed E-state index contributed by atoms with van der Waals surface area (Å²) in [7, 11) is -3.40. The van der Waals surface area contributed by atoms with E-state index in [0.29, 0.717) is 24.4 Å². The van der Waals surface area contributed by atoms with Crippen LogP contribution in [0.4, 0.5) is 13.2 Å². The van der Waals surface area contributed by atoms with Crippen LogP contribution >= 0.6 is 0 Å². The first-order valence-corrected chi connectivity index (χ1v) is 10.2. The van der Waals surface area contributed by atoms with E-state index in [4.69, 9.17) is 0 Å². The van der Waals surface area contributed by atoms with Crippen molar-refractivity contribution in [3.05, 3.63) is 46.9 Å². The normalized spacial score (nSPS) is 15.1. The van der Waals surface area contributed by atoms with Gasteiger partial charge >= 0.3 is 6.18 Å². The predicted molar refractivity (Wildman–Crippen MR) is 93.4 cm³/mol. The first-order valence-electron chi connectivity index (χ1n) is 8.29. The van der Waals surface area contributed by atoms with E-state index in [9.17, 15) is 26.4 Å². The minimum absolute atomic E-state index is 0.148. The van der Waals surface area contributed by atoms with Crippen LogP contribution in [0.15, 0.2) is 29.2 Å². The third kappa shape index (κ3) is 3.15. The number of aromatic nitrogens is 3. The van der Waals surface area contributed by atoms with Gasteiger partial charge in [-0.15, -0.1) is 0 Å². The molecule has 0 unspecified atom stereocenters.